The molecule has 1 aromatic heterocycles. The first-order valence-electron chi connectivity index (χ1n) is 11.0. The molecule has 3 rings (SSSR count). The Morgan fingerprint density at radius 2 is 1.77 bits per heavy atom. The topological polar surface area (TPSA) is 88.6 Å². The van der Waals surface area contributed by atoms with Crippen LogP contribution in [0, 0.1) is 0 Å². The van der Waals surface area contributed by atoms with Gasteiger partial charge in [-0.3, -0.25) is 14.1 Å². The number of sulfonamides is 1. The molecular weight excluding hydrogens is 414 g/mol. The molecule has 0 unspecified atom stereocenters. The summed E-state index contributed by atoms with van der Waals surface area (Å²) in [5.41, 5.74) is 0.403. The summed E-state index contributed by atoms with van der Waals surface area (Å²) in [6.45, 7) is 2.11. The molecule has 2 aromatic rings. The lowest BCUT2D eigenvalue weighted by molar-refractivity contribution is -0.120. The summed E-state index contributed by atoms with van der Waals surface area (Å²) in [6, 6.07) is 9.86. The molecule has 1 saturated carbocycles. The van der Waals surface area contributed by atoms with Crippen molar-refractivity contribution in [3.8, 4) is 5.75 Å². The number of nitrogens with one attached hydrogen (secondary N) is 1. The second-order valence-electron chi connectivity index (χ2n) is 7.74. The molecule has 1 fully saturated rings. The molecule has 0 atom stereocenters. The van der Waals surface area contributed by atoms with Crippen molar-refractivity contribution < 1.29 is 17.9 Å². The van der Waals surface area contributed by atoms with Crippen LogP contribution in [0.1, 0.15) is 51.9 Å². The number of anilines is 1. The minimum absolute atomic E-state index is 0.0441. The molecule has 168 valence electrons. The number of pyridine rings is 1. The van der Waals surface area contributed by atoms with Gasteiger partial charge in [-0.1, -0.05) is 32.1 Å². The van der Waals surface area contributed by atoms with Gasteiger partial charge in [-0.2, -0.15) is 0 Å². The summed E-state index contributed by atoms with van der Waals surface area (Å²) in [5.74, 6) is 0.343. The Morgan fingerprint density at radius 1 is 1.10 bits per heavy atom. The van der Waals surface area contributed by atoms with Crippen molar-refractivity contribution in [3.63, 3.8) is 0 Å². The monoisotopic (exact) mass is 445 g/mol. The van der Waals surface area contributed by atoms with Crippen LogP contribution in [-0.2, 0) is 14.8 Å². The Balaban J connectivity index is 1.82. The fourth-order valence-corrected chi connectivity index (χ4v) is 5.21. The van der Waals surface area contributed by atoms with Crippen molar-refractivity contribution in [2.75, 3.05) is 17.5 Å². The van der Waals surface area contributed by atoms with Gasteiger partial charge in [-0.15, -0.1) is 0 Å². The van der Waals surface area contributed by atoms with Gasteiger partial charge in [-0.05, 0) is 56.2 Å². The van der Waals surface area contributed by atoms with Crippen LogP contribution in [0.2, 0.25) is 0 Å². The summed E-state index contributed by atoms with van der Waals surface area (Å²) < 4.78 is 33.3. The molecule has 1 amide bonds. The maximum absolute atomic E-state index is 13.3. The Morgan fingerprint density at radius 3 is 2.39 bits per heavy atom. The Kier molecular flexibility index (Phi) is 8.28. The zero-order chi connectivity index (χ0) is 22.1. The standard InChI is InChI=1S/C23H31N3O4S/c1-2-30-21-14-12-20(13-15-21)26(31(28,29)22-11-8-16-24-17-22)18-23(27)25-19-9-6-4-3-5-7-10-19/h8,11-17,19H,2-7,9-10,18H2,1H3,(H,25,27). The van der Waals surface area contributed by atoms with Crippen molar-refractivity contribution in [1.82, 2.24) is 10.3 Å². The van der Waals surface area contributed by atoms with Crippen molar-refractivity contribution >= 4 is 21.6 Å². The number of amides is 1. The highest BCUT2D eigenvalue weighted by molar-refractivity contribution is 7.92. The van der Waals surface area contributed by atoms with Crippen LogP contribution in [-0.4, -0.2) is 38.5 Å². The van der Waals surface area contributed by atoms with Gasteiger partial charge in [0.25, 0.3) is 10.0 Å². The van der Waals surface area contributed by atoms with Gasteiger partial charge in [0.05, 0.1) is 12.3 Å². The number of hydrogen-bond acceptors (Lipinski definition) is 5. The number of rotatable bonds is 8. The van der Waals surface area contributed by atoms with Gasteiger partial charge < -0.3 is 10.1 Å². The van der Waals surface area contributed by atoms with Gasteiger partial charge in [0.15, 0.2) is 0 Å². The van der Waals surface area contributed by atoms with Gasteiger partial charge in [0.2, 0.25) is 5.91 Å². The highest BCUT2D eigenvalue weighted by Gasteiger charge is 2.28. The molecule has 8 heteroatoms. The average Bonchev–Trinajstić information content (AvgIpc) is 2.75. The van der Waals surface area contributed by atoms with E-state index in [0.717, 1.165) is 30.0 Å². The minimum Gasteiger partial charge on any atom is -0.494 e. The van der Waals surface area contributed by atoms with E-state index in [1.807, 2.05) is 6.92 Å². The summed E-state index contributed by atoms with van der Waals surface area (Å²) in [4.78, 5) is 16.9. The molecule has 0 radical (unpaired) electrons. The number of carbonyl (C=O) groups is 1. The fourth-order valence-electron chi connectivity index (χ4n) is 3.82. The number of nitrogens with zero attached hydrogens (tertiary/aromatic N) is 2. The molecular formula is C23H31N3O4S. The van der Waals surface area contributed by atoms with E-state index in [4.69, 9.17) is 4.74 Å². The van der Waals surface area contributed by atoms with Crippen LogP contribution >= 0.6 is 0 Å². The van der Waals surface area contributed by atoms with Gasteiger partial charge in [-0.25, -0.2) is 8.42 Å². The first kappa shape index (κ1) is 23.1. The van der Waals surface area contributed by atoms with Crippen LogP contribution in [0.5, 0.6) is 5.75 Å². The Labute approximate surface area is 184 Å². The predicted octanol–water partition coefficient (Wildman–Crippen LogP) is 3.90. The van der Waals surface area contributed by atoms with Crippen molar-refractivity contribution in [2.45, 2.75) is 62.8 Å². The summed E-state index contributed by atoms with van der Waals surface area (Å²) in [5, 5.41) is 3.06. The highest BCUT2D eigenvalue weighted by atomic mass is 32.2. The number of aromatic nitrogens is 1. The molecule has 1 aliphatic carbocycles. The molecule has 1 heterocycles. The second-order valence-corrected chi connectivity index (χ2v) is 9.60. The molecule has 0 aliphatic heterocycles. The van der Waals surface area contributed by atoms with E-state index >= 15 is 0 Å². The van der Waals surface area contributed by atoms with Crippen molar-refractivity contribution in [2.24, 2.45) is 0 Å². The first-order valence-corrected chi connectivity index (χ1v) is 12.4. The van der Waals surface area contributed by atoms with E-state index < -0.39 is 10.0 Å². The average molecular weight is 446 g/mol. The molecule has 1 aliphatic rings. The quantitative estimate of drug-likeness (QED) is 0.666. The summed E-state index contributed by atoms with van der Waals surface area (Å²) >= 11 is 0. The lowest BCUT2D eigenvalue weighted by Gasteiger charge is -2.26. The van der Waals surface area contributed by atoms with Crippen LogP contribution in [0.25, 0.3) is 0 Å². The molecule has 0 bridgehead atoms. The van der Waals surface area contributed by atoms with Crippen LogP contribution in [0.15, 0.2) is 53.7 Å². The fraction of sp³-hybridized carbons (Fsp3) is 0.478. The van der Waals surface area contributed by atoms with Crippen molar-refractivity contribution in [1.29, 1.82) is 0 Å². The third-order valence-corrected chi connectivity index (χ3v) is 7.17. The van der Waals surface area contributed by atoms with Crippen molar-refractivity contribution in [3.05, 3.63) is 48.8 Å². The zero-order valence-corrected chi connectivity index (χ0v) is 18.8. The van der Waals surface area contributed by atoms with E-state index in [-0.39, 0.29) is 23.4 Å². The number of hydrogen-bond donors (Lipinski definition) is 1. The summed E-state index contributed by atoms with van der Waals surface area (Å²) in [7, 11) is -3.96. The van der Waals surface area contributed by atoms with E-state index in [1.165, 1.54) is 37.7 Å². The molecule has 31 heavy (non-hydrogen) atoms. The Hall–Kier alpha value is -2.61. The number of benzene rings is 1. The zero-order valence-electron chi connectivity index (χ0n) is 18.0. The third-order valence-electron chi connectivity index (χ3n) is 5.42. The molecule has 1 N–H and O–H groups in total. The third kappa shape index (κ3) is 6.43. The van der Waals surface area contributed by atoms with E-state index in [9.17, 15) is 13.2 Å². The second kappa shape index (κ2) is 11.1. The van der Waals surface area contributed by atoms with E-state index in [1.54, 1.807) is 30.3 Å². The highest BCUT2D eigenvalue weighted by Crippen LogP contribution is 2.26. The molecule has 7 nitrogen and oxygen atoms in total. The van der Waals surface area contributed by atoms with Gasteiger partial charge >= 0.3 is 0 Å². The summed E-state index contributed by atoms with van der Waals surface area (Å²) in [6.07, 6.45) is 10.5. The Bertz CT molecular complexity index is 925. The molecule has 0 spiro atoms. The van der Waals surface area contributed by atoms with E-state index in [2.05, 4.69) is 10.3 Å². The lowest BCUT2D eigenvalue weighted by atomic mass is 9.97. The van der Waals surface area contributed by atoms with Gasteiger partial charge in [0, 0.05) is 18.4 Å². The van der Waals surface area contributed by atoms with E-state index in [0.29, 0.717) is 18.0 Å². The van der Waals surface area contributed by atoms with Crippen LogP contribution in [0.4, 0.5) is 5.69 Å². The number of ether oxygens (including phenoxy) is 1. The maximum Gasteiger partial charge on any atom is 0.266 e. The molecule has 1 aromatic carbocycles. The SMILES string of the molecule is CCOc1ccc(N(CC(=O)NC2CCCCCCC2)S(=O)(=O)c2cccnc2)cc1. The minimum atomic E-state index is -3.96. The normalized spacial score (nSPS) is 15.5. The van der Waals surface area contributed by atoms with Crippen LogP contribution in [0.3, 0.4) is 0 Å². The molecule has 0 saturated heterocycles. The maximum atomic E-state index is 13.3. The predicted molar refractivity (Wildman–Crippen MR) is 121 cm³/mol. The lowest BCUT2D eigenvalue weighted by Crippen LogP contribution is -2.44. The number of carbonyl (C=O) groups excluding carboxylic acids is 1. The largest absolute Gasteiger partial charge is 0.494 e. The van der Waals surface area contributed by atoms with Gasteiger partial charge in [0.1, 0.15) is 17.2 Å². The first-order chi connectivity index (χ1) is 15.0. The smallest absolute Gasteiger partial charge is 0.266 e. The van der Waals surface area contributed by atoms with Crippen LogP contribution < -0.4 is 14.4 Å².